The van der Waals surface area contributed by atoms with E-state index in [2.05, 4.69) is 11.2 Å². The Hall–Kier alpha value is -1.32. The summed E-state index contributed by atoms with van der Waals surface area (Å²) in [5.41, 5.74) is 1.08. The van der Waals surface area contributed by atoms with E-state index in [1.54, 1.807) is 0 Å². The van der Waals surface area contributed by atoms with Crippen LogP contribution in [0.1, 0.15) is 46.2 Å². The molecule has 0 unspecified atom stereocenters. The summed E-state index contributed by atoms with van der Waals surface area (Å²) in [7, 11) is -0.388. The van der Waals surface area contributed by atoms with Gasteiger partial charge in [-0.2, -0.15) is 10.4 Å². The largest absolute Gasteiger partial charge is 0.498 e. The predicted molar refractivity (Wildman–Crippen MR) is 80.0 cm³/mol. The Labute approximate surface area is 126 Å². The summed E-state index contributed by atoms with van der Waals surface area (Å²) in [5, 5.41) is 13.7. The van der Waals surface area contributed by atoms with E-state index in [-0.39, 0.29) is 23.7 Å². The van der Waals surface area contributed by atoms with E-state index in [0.29, 0.717) is 6.54 Å². The molecular weight excluding hydrogens is 265 g/mol. The first-order valence-electron chi connectivity index (χ1n) is 7.49. The van der Waals surface area contributed by atoms with Gasteiger partial charge in [-0.25, -0.2) is 0 Å². The molecule has 0 spiro atoms. The summed E-state index contributed by atoms with van der Waals surface area (Å²) >= 11 is 0. The third-order valence-corrected chi connectivity index (χ3v) is 5.19. The molecule has 5 nitrogen and oxygen atoms in total. The second kappa shape index (κ2) is 4.34. The van der Waals surface area contributed by atoms with Gasteiger partial charge >= 0.3 is 7.12 Å². The molecule has 1 aliphatic heterocycles. The molecule has 1 aliphatic carbocycles. The van der Waals surface area contributed by atoms with Gasteiger partial charge in [0.25, 0.3) is 0 Å². The molecule has 1 aromatic rings. The third kappa shape index (κ3) is 2.29. The van der Waals surface area contributed by atoms with Crippen molar-refractivity contribution in [3.05, 3.63) is 11.9 Å². The molecule has 1 aromatic heterocycles. The molecule has 2 aliphatic rings. The number of hydrogen-bond donors (Lipinski definition) is 0. The van der Waals surface area contributed by atoms with Gasteiger partial charge in [-0.15, -0.1) is 0 Å². The van der Waals surface area contributed by atoms with Crippen molar-refractivity contribution in [2.24, 2.45) is 5.41 Å². The Morgan fingerprint density at radius 1 is 1.29 bits per heavy atom. The maximum absolute atomic E-state index is 9.22. The van der Waals surface area contributed by atoms with Crippen molar-refractivity contribution in [1.82, 2.24) is 9.78 Å². The number of aromatic nitrogens is 2. The molecular formula is C15H22BN3O2. The highest BCUT2D eigenvalue weighted by Crippen LogP contribution is 2.46. The zero-order valence-corrected chi connectivity index (χ0v) is 13.4. The summed E-state index contributed by atoms with van der Waals surface area (Å²) in [5.74, 6) is 0. The fraction of sp³-hybridized carbons (Fsp3) is 0.733. The van der Waals surface area contributed by atoms with Crippen molar-refractivity contribution in [3.63, 3.8) is 0 Å². The van der Waals surface area contributed by atoms with Gasteiger partial charge < -0.3 is 9.31 Å². The lowest BCUT2D eigenvalue weighted by molar-refractivity contribution is 0.00578. The molecule has 3 rings (SSSR count). The average Bonchev–Trinajstić information content (AvgIpc) is 3.01. The van der Waals surface area contributed by atoms with Gasteiger partial charge in [0.1, 0.15) is 0 Å². The van der Waals surface area contributed by atoms with Crippen molar-refractivity contribution in [3.8, 4) is 6.07 Å². The number of hydrogen-bond acceptors (Lipinski definition) is 4. The number of nitrogens with zero attached hydrogens (tertiary/aromatic N) is 3. The Bertz CT molecular complexity index is 595. The molecule has 0 amide bonds. The van der Waals surface area contributed by atoms with Crippen LogP contribution < -0.4 is 5.46 Å². The molecule has 1 saturated heterocycles. The maximum atomic E-state index is 9.22. The van der Waals surface area contributed by atoms with Crippen LogP contribution in [0.15, 0.2) is 6.20 Å². The van der Waals surface area contributed by atoms with Gasteiger partial charge in [0.05, 0.1) is 29.2 Å². The van der Waals surface area contributed by atoms with Gasteiger partial charge in [-0.1, -0.05) is 0 Å². The summed E-state index contributed by atoms with van der Waals surface area (Å²) in [6.07, 6.45) is 3.74. The van der Waals surface area contributed by atoms with E-state index in [1.807, 2.05) is 45.5 Å². The van der Waals surface area contributed by atoms with Crippen LogP contribution >= 0.6 is 0 Å². The first kappa shape index (κ1) is 14.6. The number of rotatable bonds is 3. The lowest BCUT2D eigenvalue weighted by Crippen LogP contribution is -2.41. The van der Waals surface area contributed by atoms with E-state index in [1.165, 1.54) is 0 Å². The topological polar surface area (TPSA) is 60.1 Å². The van der Waals surface area contributed by atoms with Crippen LogP contribution in [0.2, 0.25) is 0 Å². The molecule has 21 heavy (non-hydrogen) atoms. The third-order valence-electron chi connectivity index (χ3n) is 5.19. The maximum Gasteiger partial charge on any atom is 0.498 e. The minimum atomic E-state index is -0.388. The quantitative estimate of drug-likeness (QED) is 0.795. The standard InChI is InChI=1S/C15H22BN3O2/c1-11-12(16-20-13(2,3)14(4,5)21-16)8-18-19(11)10-15(9-17)6-7-15/h8H,6-7,10H2,1-5H3. The summed E-state index contributed by atoms with van der Waals surface area (Å²) in [6, 6.07) is 2.41. The molecule has 0 bridgehead atoms. The van der Waals surface area contributed by atoms with E-state index in [9.17, 15) is 5.26 Å². The Morgan fingerprint density at radius 3 is 2.33 bits per heavy atom. The fourth-order valence-electron chi connectivity index (χ4n) is 2.56. The zero-order valence-electron chi connectivity index (χ0n) is 13.4. The molecule has 112 valence electrons. The van der Waals surface area contributed by atoms with Gasteiger partial charge in [-0.3, -0.25) is 4.68 Å². The van der Waals surface area contributed by atoms with Crippen molar-refractivity contribution in [1.29, 1.82) is 5.26 Å². The van der Waals surface area contributed by atoms with Crippen LogP contribution in [0.25, 0.3) is 0 Å². The second-order valence-electron chi connectivity index (χ2n) is 7.32. The second-order valence-corrected chi connectivity index (χ2v) is 7.32. The van der Waals surface area contributed by atoms with Crippen molar-refractivity contribution < 1.29 is 9.31 Å². The predicted octanol–water partition coefficient (Wildman–Crippen LogP) is 1.79. The smallest absolute Gasteiger partial charge is 0.399 e. The molecule has 0 atom stereocenters. The van der Waals surface area contributed by atoms with Crippen LogP contribution in [0.4, 0.5) is 0 Å². The monoisotopic (exact) mass is 287 g/mol. The lowest BCUT2D eigenvalue weighted by atomic mass is 9.79. The van der Waals surface area contributed by atoms with Gasteiger partial charge in [0.2, 0.25) is 0 Å². The zero-order chi connectivity index (χ0) is 15.5. The molecule has 0 aromatic carbocycles. The number of nitriles is 1. The van der Waals surface area contributed by atoms with Gasteiger partial charge in [0.15, 0.2) is 0 Å². The molecule has 2 fully saturated rings. The van der Waals surface area contributed by atoms with Crippen LogP contribution in [0, 0.1) is 23.7 Å². The fourth-order valence-corrected chi connectivity index (χ4v) is 2.56. The molecule has 0 radical (unpaired) electrons. The van der Waals surface area contributed by atoms with Gasteiger partial charge in [-0.05, 0) is 47.5 Å². The van der Waals surface area contributed by atoms with Crippen LogP contribution in [-0.4, -0.2) is 28.1 Å². The molecule has 6 heteroatoms. The Morgan fingerprint density at radius 2 is 1.86 bits per heavy atom. The van der Waals surface area contributed by atoms with E-state index in [0.717, 1.165) is 24.0 Å². The van der Waals surface area contributed by atoms with E-state index >= 15 is 0 Å². The molecule has 0 N–H and O–H groups in total. The average molecular weight is 287 g/mol. The Balaban J connectivity index is 1.82. The van der Waals surface area contributed by atoms with Crippen molar-refractivity contribution >= 4 is 12.6 Å². The van der Waals surface area contributed by atoms with Crippen LogP contribution in [0.3, 0.4) is 0 Å². The molecule has 2 heterocycles. The van der Waals surface area contributed by atoms with Gasteiger partial charge in [0, 0.05) is 17.4 Å². The highest BCUT2D eigenvalue weighted by Gasteiger charge is 2.53. The van der Waals surface area contributed by atoms with Crippen LogP contribution in [0.5, 0.6) is 0 Å². The van der Waals surface area contributed by atoms with Crippen LogP contribution in [-0.2, 0) is 15.9 Å². The summed E-state index contributed by atoms with van der Waals surface area (Å²) < 4.78 is 14.1. The minimum Gasteiger partial charge on any atom is -0.399 e. The highest BCUT2D eigenvalue weighted by molar-refractivity contribution is 6.62. The minimum absolute atomic E-state index is 0.204. The van der Waals surface area contributed by atoms with E-state index in [4.69, 9.17) is 9.31 Å². The SMILES string of the molecule is Cc1c(B2OC(C)(C)C(C)(C)O2)cnn1CC1(C#N)CC1. The van der Waals surface area contributed by atoms with Crippen molar-refractivity contribution in [2.45, 2.75) is 65.2 Å². The molecule has 1 saturated carbocycles. The van der Waals surface area contributed by atoms with E-state index < -0.39 is 0 Å². The normalized spacial score (nSPS) is 24.9. The Kier molecular flexibility index (Phi) is 3.02. The first-order valence-corrected chi connectivity index (χ1v) is 7.49. The first-order chi connectivity index (χ1) is 9.70. The summed E-state index contributed by atoms with van der Waals surface area (Å²) in [6.45, 7) is 10.8. The summed E-state index contributed by atoms with van der Waals surface area (Å²) in [4.78, 5) is 0. The van der Waals surface area contributed by atoms with Crippen molar-refractivity contribution in [2.75, 3.05) is 0 Å². The highest BCUT2D eigenvalue weighted by atomic mass is 16.7. The lowest BCUT2D eigenvalue weighted by Gasteiger charge is -2.32.